The second-order valence-electron chi connectivity index (χ2n) is 8.22. The van der Waals surface area contributed by atoms with Gasteiger partial charge in [0.25, 0.3) is 0 Å². The lowest BCUT2D eigenvalue weighted by Crippen LogP contribution is -2.41. The molecule has 2 aliphatic rings. The Balaban J connectivity index is 1.57. The summed E-state index contributed by atoms with van der Waals surface area (Å²) in [4.78, 5) is 0. The summed E-state index contributed by atoms with van der Waals surface area (Å²) in [5.74, 6) is 1.48. The number of hydrogen-bond donors (Lipinski definition) is 0. The lowest BCUT2D eigenvalue weighted by molar-refractivity contribution is -0.0297. The fraction of sp³-hybridized carbons (Fsp3) is 0.292. The summed E-state index contributed by atoms with van der Waals surface area (Å²) in [6.45, 7) is 4.46. The molecule has 5 rings (SSSR count). The molecule has 0 aromatic heterocycles. The minimum Gasteiger partial charge on any atom is -0.467 e. The van der Waals surface area contributed by atoms with E-state index in [1.165, 1.54) is 21.9 Å². The molecule has 29 heavy (non-hydrogen) atoms. The van der Waals surface area contributed by atoms with E-state index < -0.39 is 0 Å². The van der Waals surface area contributed by atoms with Crippen molar-refractivity contribution in [2.45, 2.75) is 39.0 Å². The zero-order valence-corrected chi connectivity index (χ0v) is 19.6. The Kier molecular flexibility index (Phi) is 4.91. The number of rotatable bonds is 3. The minimum absolute atomic E-state index is 0.0528. The maximum atomic E-state index is 6.45. The Morgan fingerprint density at radius 3 is 2.66 bits per heavy atom. The van der Waals surface area contributed by atoms with Gasteiger partial charge < -0.3 is 4.74 Å². The van der Waals surface area contributed by atoms with E-state index in [1.807, 2.05) is 0 Å². The predicted molar refractivity (Wildman–Crippen MR) is 125 cm³/mol. The molecule has 2 aliphatic heterocycles. The smallest absolute Gasteiger partial charge is 0.188 e. The van der Waals surface area contributed by atoms with Crippen LogP contribution in [0, 0.1) is 5.92 Å². The monoisotopic (exact) mass is 512 g/mol. The van der Waals surface area contributed by atoms with E-state index in [0.29, 0.717) is 5.92 Å². The molecule has 0 saturated carbocycles. The van der Waals surface area contributed by atoms with Crippen LogP contribution < -0.4 is 4.74 Å². The summed E-state index contributed by atoms with van der Waals surface area (Å²) < 4.78 is 8.49. The summed E-state index contributed by atoms with van der Waals surface area (Å²) in [6, 6.07) is 19.5. The van der Waals surface area contributed by atoms with Gasteiger partial charge >= 0.3 is 0 Å². The zero-order chi connectivity index (χ0) is 20.1. The molecule has 0 N–H and O–H groups in total. The minimum atomic E-state index is -0.0528. The van der Waals surface area contributed by atoms with Crippen molar-refractivity contribution >= 4 is 48.3 Å². The van der Waals surface area contributed by atoms with Crippen molar-refractivity contribution in [1.29, 1.82) is 0 Å². The first-order valence-corrected chi connectivity index (χ1v) is 11.6. The van der Waals surface area contributed by atoms with Crippen LogP contribution in [0.25, 0.3) is 10.8 Å². The van der Waals surface area contributed by atoms with Crippen LogP contribution in [0.5, 0.6) is 5.75 Å². The van der Waals surface area contributed by atoms with E-state index in [-0.39, 0.29) is 12.3 Å². The Bertz CT molecular complexity index is 1130. The van der Waals surface area contributed by atoms with Crippen molar-refractivity contribution in [3.8, 4) is 5.75 Å². The third-order valence-corrected chi connectivity index (χ3v) is 6.69. The zero-order valence-electron chi connectivity index (χ0n) is 16.4. The van der Waals surface area contributed by atoms with E-state index in [9.17, 15) is 0 Å². The molecule has 0 saturated heterocycles. The second-order valence-corrected chi connectivity index (χ2v) is 9.99. The Morgan fingerprint density at radius 2 is 1.86 bits per heavy atom. The van der Waals surface area contributed by atoms with Crippen LogP contribution >= 0.6 is 31.9 Å². The van der Waals surface area contributed by atoms with Crippen LogP contribution in [-0.4, -0.2) is 16.9 Å². The van der Waals surface area contributed by atoms with Gasteiger partial charge in [-0.2, -0.15) is 5.10 Å². The molecule has 0 radical (unpaired) electrons. The number of benzene rings is 3. The molecule has 2 heterocycles. The first kappa shape index (κ1) is 19.1. The van der Waals surface area contributed by atoms with Gasteiger partial charge in [-0.1, -0.05) is 66.2 Å². The van der Waals surface area contributed by atoms with Crippen molar-refractivity contribution in [3.63, 3.8) is 0 Å². The van der Waals surface area contributed by atoms with E-state index in [2.05, 4.69) is 105 Å². The van der Waals surface area contributed by atoms with Gasteiger partial charge in [0.15, 0.2) is 6.23 Å². The average Bonchev–Trinajstić information content (AvgIpc) is 3.14. The Labute approximate surface area is 188 Å². The van der Waals surface area contributed by atoms with Crippen LogP contribution in [0.1, 0.15) is 43.9 Å². The van der Waals surface area contributed by atoms with E-state index in [0.717, 1.165) is 33.2 Å². The average molecular weight is 514 g/mol. The Hall–Kier alpha value is -1.85. The van der Waals surface area contributed by atoms with Gasteiger partial charge in [-0.25, -0.2) is 0 Å². The summed E-state index contributed by atoms with van der Waals surface area (Å²) in [5, 5.41) is 9.77. The molecule has 0 spiro atoms. The molecule has 0 amide bonds. The van der Waals surface area contributed by atoms with Crippen molar-refractivity contribution in [2.75, 3.05) is 0 Å². The highest BCUT2D eigenvalue weighted by Crippen LogP contribution is 2.48. The lowest BCUT2D eigenvalue weighted by Gasteiger charge is -2.39. The third kappa shape index (κ3) is 3.49. The van der Waals surface area contributed by atoms with Gasteiger partial charge in [0, 0.05) is 22.9 Å². The van der Waals surface area contributed by atoms with Gasteiger partial charge in [-0.05, 0) is 56.4 Å². The SMILES string of the molecule is CC(C)C[C@@H]1Oc2c(Br)cc(Br)cc2[C@H]2CC(c3ccc4ccccc4c3)=NN12. The molecule has 5 heteroatoms. The van der Waals surface area contributed by atoms with Gasteiger partial charge in [-0.15, -0.1) is 0 Å². The number of hydrazone groups is 1. The van der Waals surface area contributed by atoms with E-state index in [1.54, 1.807) is 0 Å². The van der Waals surface area contributed by atoms with Crippen LogP contribution in [0.4, 0.5) is 0 Å². The summed E-state index contributed by atoms with van der Waals surface area (Å²) in [6.07, 6.45) is 1.77. The molecule has 3 aromatic rings. The molecule has 3 nitrogen and oxygen atoms in total. The maximum absolute atomic E-state index is 6.45. The van der Waals surface area contributed by atoms with Gasteiger partial charge in [0.05, 0.1) is 16.2 Å². The number of hydrogen-bond acceptors (Lipinski definition) is 3. The number of ether oxygens (including phenoxy) is 1. The van der Waals surface area contributed by atoms with E-state index >= 15 is 0 Å². The van der Waals surface area contributed by atoms with Gasteiger partial charge in [-0.3, -0.25) is 5.01 Å². The van der Waals surface area contributed by atoms with Gasteiger partial charge in [0.1, 0.15) is 5.75 Å². The first-order chi connectivity index (χ1) is 14.0. The Morgan fingerprint density at radius 1 is 1.07 bits per heavy atom. The topological polar surface area (TPSA) is 24.8 Å². The molecule has 148 valence electrons. The van der Waals surface area contributed by atoms with Gasteiger partial charge in [0.2, 0.25) is 0 Å². The van der Waals surface area contributed by atoms with Crippen molar-refractivity contribution in [2.24, 2.45) is 11.0 Å². The molecule has 0 fully saturated rings. The fourth-order valence-corrected chi connectivity index (χ4v) is 5.64. The summed E-state index contributed by atoms with van der Waals surface area (Å²) in [5.41, 5.74) is 3.50. The second kappa shape index (κ2) is 7.44. The van der Waals surface area contributed by atoms with Crippen molar-refractivity contribution in [1.82, 2.24) is 5.01 Å². The third-order valence-electron chi connectivity index (χ3n) is 5.64. The van der Waals surface area contributed by atoms with Crippen LogP contribution in [-0.2, 0) is 0 Å². The standard InChI is InChI=1S/C24H22Br2N2O/c1-14(2)9-23-28-22(19-11-18(25)12-20(26)24(19)29-23)13-21(27-28)17-8-7-15-5-3-4-6-16(15)10-17/h3-8,10-12,14,22-23H,9,13H2,1-2H3/t22-,23+/m1/s1. The molecular formula is C24H22Br2N2O. The summed E-state index contributed by atoms with van der Waals surface area (Å²) >= 11 is 7.34. The number of halogens is 2. The van der Waals surface area contributed by atoms with Crippen LogP contribution in [0.2, 0.25) is 0 Å². The van der Waals surface area contributed by atoms with E-state index in [4.69, 9.17) is 9.84 Å². The largest absolute Gasteiger partial charge is 0.467 e. The quantitative estimate of drug-likeness (QED) is 0.367. The lowest BCUT2D eigenvalue weighted by atomic mass is 9.95. The molecular weight excluding hydrogens is 492 g/mol. The van der Waals surface area contributed by atoms with Crippen LogP contribution in [0.3, 0.4) is 0 Å². The highest BCUT2D eigenvalue weighted by atomic mass is 79.9. The highest BCUT2D eigenvalue weighted by molar-refractivity contribution is 9.11. The maximum Gasteiger partial charge on any atom is 0.188 e. The number of nitrogens with zero attached hydrogens (tertiary/aromatic N) is 2. The molecule has 0 aliphatic carbocycles. The van der Waals surface area contributed by atoms with Crippen molar-refractivity contribution < 1.29 is 4.74 Å². The normalized spacial score (nSPS) is 20.4. The molecule has 0 unspecified atom stereocenters. The highest BCUT2D eigenvalue weighted by Gasteiger charge is 2.41. The fourth-order valence-electron chi connectivity index (χ4n) is 4.29. The van der Waals surface area contributed by atoms with Crippen LogP contribution in [0.15, 0.2) is 68.6 Å². The first-order valence-electron chi connectivity index (χ1n) is 10.00. The number of fused-ring (bicyclic) bond motifs is 4. The molecule has 0 bridgehead atoms. The predicted octanol–water partition coefficient (Wildman–Crippen LogP) is 7.28. The molecule has 3 aromatic carbocycles. The van der Waals surface area contributed by atoms with Crippen molar-refractivity contribution in [3.05, 3.63) is 74.7 Å². The molecule has 2 atom stereocenters. The summed E-state index contributed by atoms with van der Waals surface area (Å²) in [7, 11) is 0.